The molecule has 4 heterocycles. The molecule has 0 N–H and O–H groups in total. The number of thioether (sulfide) groups is 1. The molecule has 13 heteroatoms. The summed E-state index contributed by atoms with van der Waals surface area (Å²) in [6.45, 7) is 0.408. The highest BCUT2D eigenvalue weighted by molar-refractivity contribution is 7.97. The molecule has 200 valence electrons. The Labute approximate surface area is 225 Å². The normalized spacial score (nSPS) is 13.8. The van der Waals surface area contributed by atoms with Crippen molar-refractivity contribution in [2.75, 3.05) is 13.4 Å². The van der Waals surface area contributed by atoms with E-state index in [0.717, 1.165) is 35.7 Å². The third-order valence-corrected chi connectivity index (χ3v) is 7.02. The topological polar surface area (TPSA) is 96.4 Å². The van der Waals surface area contributed by atoms with Gasteiger partial charge in [-0.25, -0.2) is 29.6 Å². The minimum atomic E-state index is -4.50. The molecule has 1 aliphatic rings. The summed E-state index contributed by atoms with van der Waals surface area (Å²) in [5, 5.41) is 5.27. The van der Waals surface area contributed by atoms with Crippen LogP contribution in [0.25, 0.3) is 33.8 Å². The fraction of sp³-hybridized carbons (Fsp3) is 0.308. The highest BCUT2D eigenvalue weighted by Crippen LogP contribution is 2.44. The molecule has 1 fully saturated rings. The molecule has 0 aliphatic heterocycles. The zero-order valence-corrected chi connectivity index (χ0v) is 21.9. The molecule has 6 rings (SSSR count). The van der Waals surface area contributed by atoms with Crippen molar-refractivity contribution in [2.45, 2.75) is 37.4 Å². The van der Waals surface area contributed by atoms with E-state index >= 15 is 0 Å². The number of imidazole rings is 1. The largest absolute Gasteiger partial charge is 0.480 e. The number of halogens is 3. The van der Waals surface area contributed by atoms with Gasteiger partial charge in [-0.15, -0.1) is 11.8 Å². The molecule has 0 radical (unpaired) electrons. The number of hydrogen-bond acceptors (Lipinski definition) is 8. The predicted octanol–water partition coefficient (Wildman–Crippen LogP) is 5.42. The Balaban J connectivity index is 1.31. The predicted molar refractivity (Wildman–Crippen MR) is 140 cm³/mol. The van der Waals surface area contributed by atoms with Crippen molar-refractivity contribution in [2.24, 2.45) is 0 Å². The first-order valence-corrected chi connectivity index (χ1v) is 13.6. The molecule has 0 unspecified atom stereocenters. The number of rotatable bonds is 8. The summed E-state index contributed by atoms with van der Waals surface area (Å²) in [5.41, 5.74) is 2.82. The van der Waals surface area contributed by atoms with Crippen LogP contribution < -0.4 is 4.74 Å². The molecule has 1 aromatic carbocycles. The van der Waals surface area contributed by atoms with E-state index < -0.39 is 11.9 Å². The Morgan fingerprint density at radius 1 is 1.05 bits per heavy atom. The average molecular weight is 553 g/mol. The maximum Gasteiger partial charge on any atom is 0.434 e. The van der Waals surface area contributed by atoms with Gasteiger partial charge in [0.1, 0.15) is 17.7 Å². The van der Waals surface area contributed by atoms with Gasteiger partial charge in [0, 0.05) is 23.9 Å². The fourth-order valence-corrected chi connectivity index (χ4v) is 4.94. The van der Waals surface area contributed by atoms with Gasteiger partial charge in [-0.05, 0) is 24.7 Å². The number of alkyl halides is 3. The van der Waals surface area contributed by atoms with E-state index in [1.807, 2.05) is 18.4 Å². The molecular weight excluding hydrogens is 529 g/mol. The van der Waals surface area contributed by atoms with Gasteiger partial charge in [-0.2, -0.15) is 18.3 Å². The maximum atomic E-state index is 13.3. The molecule has 0 amide bonds. The minimum absolute atomic E-state index is 0.274. The first-order valence-electron chi connectivity index (χ1n) is 12.2. The number of hydrogen-bond donors (Lipinski definition) is 0. The van der Waals surface area contributed by atoms with Crippen molar-refractivity contribution in [3.05, 3.63) is 66.1 Å². The molecule has 1 saturated carbocycles. The number of benzene rings is 1. The van der Waals surface area contributed by atoms with Crippen LogP contribution in [0.2, 0.25) is 0 Å². The third kappa shape index (κ3) is 4.93. The second-order valence-corrected chi connectivity index (χ2v) is 10.1. The van der Waals surface area contributed by atoms with Crippen molar-refractivity contribution in [1.82, 2.24) is 39.3 Å². The first-order chi connectivity index (χ1) is 18.9. The summed E-state index contributed by atoms with van der Waals surface area (Å²) >= 11 is 1.42. The molecule has 0 saturated heterocycles. The van der Waals surface area contributed by atoms with Crippen molar-refractivity contribution >= 4 is 22.8 Å². The Hall–Kier alpha value is -4.00. The smallest absolute Gasteiger partial charge is 0.434 e. The lowest BCUT2D eigenvalue weighted by molar-refractivity contribution is -0.140. The van der Waals surface area contributed by atoms with Crippen LogP contribution in [0, 0.1) is 0 Å². The van der Waals surface area contributed by atoms with E-state index in [9.17, 15) is 13.2 Å². The fourth-order valence-electron chi connectivity index (χ4n) is 4.47. The number of nitrogens with zero attached hydrogens (tertiary/aromatic N) is 8. The Kier molecular flexibility index (Phi) is 6.45. The average Bonchev–Trinajstić information content (AvgIpc) is 3.58. The summed E-state index contributed by atoms with van der Waals surface area (Å²) in [6, 6.07) is 7.26. The maximum absolute atomic E-state index is 13.3. The first kappa shape index (κ1) is 25.3. The highest BCUT2D eigenvalue weighted by atomic mass is 32.2. The van der Waals surface area contributed by atoms with Gasteiger partial charge in [0.15, 0.2) is 17.2 Å². The van der Waals surface area contributed by atoms with Crippen LogP contribution >= 0.6 is 11.8 Å². The quantitative estimate of drug-likeness (QED) is 0.252. The van der Waals surface area contributed by atoms with E-state index in [1.54, 1.807) is 36.3 Å². The molecule has 0 spiro atoms. The Bertz CT molecular complexity index is 1640. The third-order valence-electron chi connectivity index (χ3n) is 6.48. The van der Waals surface area contributed by atoms with Gasteiger partial charge in [0.05, 0.1) is 36.8 Å². The van der Waals surface area contributed by atoms with Crippen LogP contribution in [0.15, 0.2) is 49.2 Å². The second-order valence-electron chi connectivity index (χ2n) is 9.22. The van der Waals surface area contributed by atoms with E-state index in [2.05, 4.69) is 25.0 Å². The van der Waals surface area contributed by atoms with Crippen molar-refractivity contribution in [3.8, 4) is 28.7 Å². The standard InChI is InChI=1S/C26H23F3N8OS/c1-38-25-20(21(16-7-8-16)31-13-32-25)22-30-9-18-10-33-37(24(18)35-22)11-15-3-5-17(6-4-15)23-34-19(26(27,28)29)12-36(23)14-39-2/h3-6,9-10,12-13,16H,7-8,11,14H2,1-2H3. The number of fused-ring (bicyclic) bond motifs is 1. The van der Waals surface area contributed by atoms with Crippen molar-refractivity contribution in [1.29, 1.82) is 0 Å². The van der Waals surface area contributed by atoms with E-state index in [4.69, 9.17) is 9.72 Å². The van der Waals surface area contributed by atoms with E-state index in [0.29, 0.717) is 46.8 Å². The van der Waals surface area contributed by atoms with Crippen LogP contribution in [0.1, 0.15) is 35.7 Å². The van der Waals surface area contributed by atoms with Gasteiger partial charge in [0.2, 0.25) is 5.88 Å². The van der Waals surface area contributed by atoms with Gasteiger partial charge < -0.3 is 9.30 Å². The molecule has 5 aromatic rings. The lowest BCUT2D eigenvalue weighted by Crippen LogP contribution is -2.05. The van der Waals surface area contributed by atoms with Crippen molar-refractivity contribution < 1.29 is 17.9 Å². The van der Waals surface area contributed by atoms with Crippen molar-refractivity contribution in [3.63, 3.8) is 0 Å². The van der Waals surface area contributed by atoms with Crippen LogP contribution in [-0.4, -0.2) is 52.6 Å². The molecule has 0 atom stereocenters. The molecule has 1 aliphatic carbocycles. The Morgan fingerprint density at radius 2 is 1.85 bits per heavy atom. The highest BCUT2D eigenvalue weighted by Gasteiger charge is 2.35. The molecule has 39 heavy (non-hydrogen) atoms. The van der Waals surface area contributed by atoms with Gasteiger partial charge >= 0.3 is 6.18 Å². The van der Waals surface area contributed by atoms with E-state index in [-0.39, 0.29) is 5.82 Å². The van der Waals surface area contributed by atoms with E-state index in [1.165, 1.54) is 22.7 Å². The van der Waals surface area contributed by atoms with Crippen LogP contribution in [0.4, 0.5) is 13.2 Å². The number of ether oxygens (including phenoxy) is 1. The lowest BCUT2D eigenvalue weighted by Gasteiger charge is -2.11. The minimum Gasteiger partial charge on any atom is -0.480 e. The lowest BCUT2D eigenvalue weighted by atomic mass is 10.1. The summed E-state index contributed by atoms with van der Waals surface area (Å²) < 4.78 is 48.6. The molecule has 4 aromatic heterocycles. The molecule has 0 bridgehead atoms. The SMILES string of the molecule is COc1ncnc(C2CC2)c1-c1ncc2cnn(Cc3ccc(-c4nc(C(F)(F)F)cn4CSC)cc3)c2n1. The zero-order chi connectivity index (χ0) is 27.1. The summed E-state index contributed by atoms with van der Waals surface area (Å²) in [6.07, 6.45) is 5.40. The summed E-state index contributed by atoms with van der Waals surface area (Å²) in [7, 11) is 1.56. The monoisotopic (exact) mass is 552 g/mol. The van der Waals surface area contributed by atoms with Crippen LogP contribution in [-0.2, 0) is 18.6 Å². The van der Waals surface area contributed by atoms with Gasteiger partial charge in [-0.3, -0.25) is 0 Å². The second kappa shape index (κ2) is 9.95. The zero-order valence-electron chi connectivity index (χ0n) is 21.1. The summed E-state index contributed by atoms with van der Waals surface area (Å²) in [5.74, 6) is 1.89. The number of aromatic nitrogens is 8. The molecular formula is C26H23F3N8OS. The Morgan fingerprint density at radius 3 is 2.54 bits per heavy atom. The van der Waals surface area contributed by atoms with Gasteiger partial charge in [0.25, 0.3) is 0 Å². The summed E-state index contributed by atoms with van der Waals surface area (Å²) in [4.78, 5) is 22.0. The van der Waals surface area contributed by atoms with Crippen LogP contribution in [0.5, 0.6) is 5.88 Å². The van der Waals surface area contributed by atoms with Crippen LogP contribution in [0.3, 0.4) is 0 Å². The molecule has 9 nitrogen and oxygen atoms in total. The number of methoxy groups -OCH3 is 1. The van der Waals surface area contributed by atoms with Gasteiger partial charge in [-0.1, -0.05) is 24.3 Å².